The van der Waals surface area contributed by atoms with E-state index in [4.69, 9.17) is 11.5 Å². The molecule has 1 aliphatic rings. The molecule has 0 unspecified atom stereocenters. The van der Waals surface area contributed by atoms with Gasteiger partial charge in [0.15, 0.2) is 0 Å². The largest absolute Gasteiger partial charge is 0.397 e. The van der Waals surface area contributed by atoms with E-state index in [0.717, 1.165) is 32.6 Å². The Morgan fingerprint density at radius 1 is 1.06 bits per heavy atom. The Kier molecular flexibility index (Phi) is 3.38. The van der Waals surface area contributed by atoms with Crippen LogP contribution in [0.4, 0.5) is 21.5 Å². The summed E-state index contributed by atoms with van der Waals surface area (Å²) in [6, 6.07) is 2.94. The summed E-state index contributed by atoms with van der Waals surface area (Å²) in [4.78, 5) is 4.28. The van der Waals surface area contributed by atoms with Crippen LogP contribution in [0.15, 0.2) is 12.1 Å². The van der Waals surface area contributed by atoms with Crippen molar-refractivity contribution in [3.63, 3.8) is 0 Å². The Bertz CT molecular complexity index is 408. The van der Waals surface area contributed by atoms with Gasteiger partial charge in [0.05, 0.1) is 17.1 Å². The number of nitrogens with two attached hydrogens (primary N) is 2. The van der Waals surface area contributed by atoms with Gasteiger partial charge in [0.2, 0.25) is 0 Å². The number of hydrogen-bond acceptors (Lipinski definition) is 4. The smallest absolute Gasteiger partial charge is 0.148 e. The Morgan fingerprint density at radius 2 is 1.76 bits per heavy atom. The van der Waals surface area contributed by atoms with Gasteiger partial charge in [0, 0.05) is 25.7 Å². The topological polar surface area (TPSA) is 58.5 Å². The van der Waals surface area contributed by atoms with E-state index in [0.29, 0.717) is 17.1 Å². The van der Waals surface area contributed by atoms with Crippen LogP contribution in [0.25, 0.3) is 0 Å². The van der Waals surface area contributed by atoms with Gasteiger partial charge < -0.3 is 21.3 Å². The summed E-state index contributed by atoms with van der Waals surface area (Å²) in [7, 11) is 2.08. The normalized spacial score (nSPS) is 18.1. The first-order valence-electron chi connectivity index (χ1n) is 5.86. The maximum absolute atomic E-state index is 13.9. The van der Waals surface area contributed by atoms with E-state index in [-0.39, 0.29) is 5.82 Å². The average molecular weight is 238 g/mol. The quantitative estimate of drug-likeness (QED) is 0.720. The molecule has 0 atom stereocenters. The molecule has 2 rings (SSSR count). The lowest BCUT2D eigenvalue weighted by Gasteiger charge is -2.24. The van der Waals surface area contributed by atoms with Crippen molar-refractivity contribution in [3.8, 4) is 0 Å². The van der Waals surface area contributed by atoms with Gasteiger partial charge in [-0.25, -0.2) is 4.39 Å². The third-order valence-electron chi connectivity index (χ3n) is 3.21. The predicted molar refractivity (Wildman–Crippen MR) is 69.6 cm³/mol. The number of nitrogens with zero attached hydrogens (tertiary/aromatic N) is 2. The van der Waals surface area contributed by atoms with Crippen LogP contribution in [0.1, 0.15) is 6.42 Å². The molecule has 1 aliphatic heterocycles. The summed E-state index contributed by atoms with van der Waals surface area (Å²) < 4.78 is 13.9. The van der Waals surface area contributed by atoms with E-state index in [1.165, 1.54) is 6.07 Å². The van der Waals surface area contributed by atoms with Gasteiger partial charge in [-0.2, -0.15) is 0 Å². The summed E-state index contributed by atoms with van der Waals surface area (Å²) in [5, 5.41) is 0. The summed E-state index contributed by atoms with van der Waals surface area (Å²) in [6.07, 6.45) is 1.03. The highest BCUT2D eigenvalue weighted by molar-refractivity contribution is 5.70. The summed E-state index contributed by atoms with van der Waals surface area (Å²) in [5.74, 6) is -0.291. The zero-order valence-electron chi connectivity index (χ0n) is 10.1. The first kappa shape index (κ1) is 12.0. The standard InChI is InChI=1S/C12H19FN4/c1-16-3-2-4-17(6-5-16)12-8-11(15)10(14)7-9(12)13/h7-8H,2-6,14-15H2,1H3. The van der Waals surface area contributed by atoms with E-state index in [2.05, 4.69) is 11.9 Å². The van der Waals surface area contributed by atoms with E-state index in [1.807, 2.05) is 4.90 Å². The molecule has 5 heteroatoms. The number of halogens is 1. The van der Waals surface area contributed by atoms with Crippen LogP contribution >= 0.6 is 0 Å². The SMILES string of the molecule is CN1CCCN(c2cc(N)c(N)cc2F)CC1. The van der Waals surface area contributed by atoms with Crippen LogP contribution in [0.2, 0.25) is 0 Å². The zero-order chi connectivity index (χ0) is 12.4. The van der Waals surface area contributed by atoms with Crippen LogP contribution < -0.4 is 16.4 Å². The van der Waals surface area contributed by atoms with Crippen molar-refractivity contribution in [3.05, 3.63) is 17.9 Å². The van der Waals surface area contributed by atoms with Crippen molar-refractivity contribution in [2.24, 2.45) is 0 Å². The first-order valence-corrected chi connectivity index (χ1v) is 5.86. The minimum Gasteiger partial charge on any atom is -0.397 e. The Balaban J connectivity index is 2.24. The van der Waals surface area contributed by atoms with Gasteiger partial charge in [-0.3, -0.25) is 0 Å². The molecule has 1 aromatic carbocycles. The molecule has 1 fully saturated rings. The minimum absolute atomic E-state index is 0.291. The highest BCUT2D eigenvalue weighted by Crippen LogP contribution is 2.27. The zero-order valence-corrected chi connectivity index (χ0v) is 10.1. The molecule has 4 nitrogen and oxygen atoms in total. The number of nitrogen functional groups attached to an aromatic ring is 2. The van der Waals surface area contributed by atoms with Gasteiger partial charge in [-0.15, -0.1) is 0 Å². The highest BCUT2D eigenvalue weighted by atomic mass is 19.1. The van der Waals surface area contributed by atoms with Crippen molar-refractivity contribution >= 4 is 17.1 Å². The number of benzene rings is 1. The molecule has 17 heavy (non-hydrogen) atoms. The van der Waals surface area contributed by atoms with Crippen molar-refractivity contribution in [2.45, 2.75) is 6.42 Å². The van der Waals surface area contributed by atoms with E-state index in [1.54, 1.807) is 6.07 Å². The van der Waals surface area contributed by atoms with Crippen LogP contribution in [0.3, 0.4) is 0 Å². The van der Waals surface area contributed by atoms with E-state index < -0.39 is 0 Å². The van der Waals surface area contributed by atoms with Gasteiger partial charge in [0.25, 0.3) is 0 Å². The van der Waals surface area contributed by atoms with Crippen LogP contribution in [-0.2, 0) is 0 Å². The van der Waals surface area contributed by atoms with Crippen molar-refractivity contribution in [2.75, 3.05) is 49.6 Å². The lowest BCUT2D eigenvalue weighted by molar-refractivity contribution is 0.360. The van der Waals surface area contributed by atoms with E-state index in [9.17, 15) is 4.39 Å². The lowest BCUT2D eigenvalue weighted by Crippen LogP contribution is -2.29. The molecule has 0 aliphatic carbocycles. The fraction of sp³-hybridized carbons (Fsp3) is 0.500. The molecule has 94 valence electrons. The van der Waals surface area contributed by atoms with Crippen LogP contribution in [-0.4, -0.2) is 38.1 Å². The van der Waals surface area contributed by atoms with Crippen LogP contribution in [0, 0.1) is 5.82 Å². The van der Waals surface area contributed by atoms with E-state index >= 15 is 0 Å². The minimum atomic E-state index is -0.291. The molecule has 0 saturated carbocycles. The van der Waals surface area contributed by atoms with Gasteiger partial charge in [-0.05, 0) is 26.1 Å². The molecule has 0 aromatic heterocycles. The third kappa shape index (κ3) is 2.61. The maximum Gasteiger partial charge on any atom is 0.148 e. The molecule has 1 saturated heterocycles. The highest BCUT2D eigenvalue weighted by Gasteiger charge is 2.16. The molecular weight excluding hydrogens is 219 g/mol. The molecular formula is C12H19FN4. The fourth-order valence-electron chi connectivity index (χ4n) is 2.12. The molecule has 1 heterocycles. The number of rotatable bonds is 1. The first-order chi connectivity index (χ1) is 8.08. The average Bonchev–Trinajstić information content (AvgIpc) is 2.49. The molecule has 1 aromatic rings. The van der Waals surface area contributed by atoms with Crippen molar-refractivity contribution in [1.29, 1.82) is 0 Å². The summed E-state index contributed by atoms with van der Waals surface area (Å²) in [5.41, 5.74) is 12.6. The van der Waals surface area contributed by atoms with Gasteiger partial charge in [-0.1, -0.05) is 0 Å². The number of anilines is 3. The third-order valence-corrected chi connectivity index (χ3v) is 3.21. The molecule has 4 N–H and O–H groups in total. The lowest BCUT2D eigenvalue weighted by atomic mass is 10.2. The predicted octanol–water partition coefficient (Wildman–Crippen LogP) is 1.13. The molecule has 0 amide bonds. The van der Waals surface area contributed by atoms with Gasteiger partial charge >= 0.3 is 0 Å². The Labute approximate surface area is 101 Å². The second kappa shape index (κ2) is 4.79. The molecule has 0 spiro atoms. The number of likely N-dealkylation sites (N-methyl/N-ethyl adjacent to an activating group) is 1. The second-order valence-electron chi connectivity index (χ2n) is 4.58. The fourth-order valence-corrected chi connectivity index (χ4v) is 2.12. The summed E-state index contributed by atoms with van der Waals surface area (Å²) >= 11 is 0. The Hall–Kier alpha value is -1.49. The van der Waals surface area contributed by atoms with Crippen molar-refractivity contribution in [1.82, 2.24) is 4.90 Å². The number of hydrogen-bond donors (Lipinski definition) is 2. The van der Waals surface area contributed by atoms with Crippen LogP contribution in [0.5, 0.6) is 0 Å². The molecule has 0 bridgehead atoms. The molecule has 0 radical (unpaired) electrons. The van der Waals surface area contributed by atoms with Crippen molar-refractivity contribution < 1.29 is 4.39 Å². The summed E-state index contributed by atoms with van der Waals surface area (Å²) in [6.45, 7) is 3.65. The monoisotopic (exact) mass is 238 g/mol. The Morgan fingerprint density at radius 3 is 2.53 bits per heavy atom. The maximum atomic E-state index is 13.9. The second-order valence-corrected chi connectivity index (χ2v) is 4.58. The van der Waals surface area contributed by atoms with Gasteiger partial charge in [0.1, 0.15) is 5.82 Å².